The summed E-state index contributed by atoms with van der Waals surface area (Å²) in [6, 6.07) is 0. The van der Waals surface area contributed by atoms with Crippen LogP contribution in [0, 0.1) is 0 Å². The number of nitrogens with one attached hydrogen (secondary N) is 1. The van der Waals surface area contributed by atoms with Gasteiger partial charge in [0.1, 0.15) is 6.61 Å². The molecule has 0 spiro atoms. The van der Waals surface area contributed by atoms with Crippen LogP contribution in [0.5, 0.6) is 0 Å². The van der Waals surface area contributed by atoms with E-state index < -0.39 is 0 Å². The lowest BCUT2D eigenvalue weighted by molar-refractivity contribution is 0.128. The Morgan fingerprint density at radius 1 is 0.742 bits per heavy atom. The molecule has 0 aliphatic heterocycles. The smallest absolute Gasteiger partial charge is 0.407 e. The molecule has 0 aromatic heterocycles. The summed E-state index contributed by atoms with van der Waals surface area (Å²) in [6.45, 7) is 8.39. The van der Waals surface area contributed by atoms with Crippen LogP contribution in [0.15, 0.2) is 12.2 Å². The Bertz CT molecular complexity index is 401. The van der Waals surface area contributed by atoms with Crippen LogP contribution in [-0.4, -0.2) is 44.2 Å². The fourth-order valence-electron chi connectivity index (χ4n) is 3.48. The lowest BCUT2D eigenvalue weighted by Crippen LogP contribution is -2.26. The van der Waals surface area contributed by atoms with E-state index in [-0.39, 0.29) is 19.3 Å². The summed E-state index contributed by atoms with van der Waals surface area (Å²) in [7, 11) is 0. The van der Waals surface area contributed by atoms with Crippen molar-refractivity contribution in [2.75, 3.05) is 33.0 Å². The highest BCUT2D eigenvalue weighted by Crippen LogP contribution is 2.12. The summed E-state index contributed by atoms with van der Waals surface area (Å²) in [5, 5.41) is 11.5. The Morgan fingerprint density at radius 3 is 1.84 bits per heavy atom. The van der Waals surface area contributed by atoms with E-state index in [1.54, 1.807) is 0 Å². The number of aliphatic hydroxyl groups is 1. The van der Waals surface area contributed by atoms with Crippen LogP contribution in [0.1, 0.15) is 116 Å². The monoisotopic (exact) mass is 441 g/mol. The fourth-order valence-corrected chi connectivity index (χ4v) is 3.48. The van der Waals surface area contributed by atoms with Crippen LogP contribution in [0.25, 0.3) is 0 Å². The Balaban J connectivity index is 3.27. The van der Waals surface area contributed by atoms with Crippen LogP contribution >= 0.6 is 0 Å². The molecule has 5 nitrogen and oxygen atoms in total. The standard InChI is InChI=1S/C26H51NO4/c1-3-4-5-6-7-8-9-10-11-12-13-14-17-20-27-26(29)31-24-25(2)23-30-22-19-16-15-18-21-28/h28H,2-24H2,1H3,(H,27,29). The molecule has 0 bridgehead atoms. The van der Waals surface area contributed by atoms with E-state index in [4.69, 9.17) is 14.6 Å². The van der Waals surface area contributed by atoms with E-state index in [0.717, 1.165) is 44.1 Å². The number of carbonyl (C=O) groups excluding carboxylic acids is 1. The third kappa shape index (κ3) is 25.1. The molecular formula is C26H51NO4. The average molecular weight is 442 g/mol. The molecule has 2 N–H and O–H groups in total. The Labute approximate surface area is 192 Å². The second-order valence-corrected chi connectivity index (χ2v) is 8.69. The molecule has 0 atom stereocenters. The normalized spacial score (nSPS) is 10.9. The Morgan fingerprint density at radius 2 is 1.26 bits per heavy atom. The first-order valence-corrected chi connectivity index (χ1v) is 13.0. The third-order valence-electron chi connectivity index (χ3n) is 5.46. The summed E-state index contributed by atoms with van der Waals surface area (Å²) < 4.78 is 10.7. The second kappa shape index (κ2) is 25.2. The van der Waals surface area contributed by atoms with Gasteiger partial charge in [0.2, 0.25) is 0 Å². The maximum absolute atomic E-state index is 11.7. The predicted octanol–water partition coefficient (Wildman–Crippen LogP) is 6.93. The molecule has 0 heterocycles. The second-order valence-electron chi connectivity index (χ2n) is 8.69. The highest BCUT2D eigenvalue weighted by molar-refractivity contribution is 5.67. The van der Waals surface area contributed by atoms with Crippen molar-refractivity contribution in [3.63, 3.8) is 0 Å². The molecule has 0 saturated carbocycles. The van der Waals surface area contributed by atoms with Crippen molar-refractivity contribution in [3.8, 4) is 0 Å². The molecule has 0 fully saturated rings. The fraction of sp³-hybridized carbons (Fsp3) is 0.885. The van der Waals surface area contributed by atoms with Gasteiger partial charge in [-0.1, -0.05) is 103 Å². The van der Waals surface area contributed by atoms with E-state index in [9.17, 15) is 4.79 Å². The highest BCUT2D eigenvalue weighted by atomic mass is 16.5. The number of rotatable bonds is 24. The van der Waals surface area contributed by atoms with Gasteiger partial charge in [-0.3, -0.25) is 0 Å². The summed E-state index contributed by atoms with van der Waals surface area (Å²) in [5.74, 6) is 0. The summed E-state index contributed by atoms with van der Waals surface area (Å²) in [5.41, 5.74) is 0.770. The molecule has 184 valence electrons. The van der Waals surface area contributed by atoms with Gasteiger partial charge in [0, 0.05) is 19.8 Å². The van der Waals surface area contributed by atoms with Crippen LogP contribution in [0.2, 0.25) is 0 Å². The van der Waals surface area contributed by atoms with E-state index in [1.807, 2.05) is 0 Å². The first kappa shape index (κ1) is 29.9. The molecule has 0 aliphatic rings. The Kier molecular flexibility index (Phi) is 24.3. The first-order chi connectivity index (χ1) is 15.2. The van der Waals surface area contributed by atoms with E-state index in [1.165, 1.54) is 70.6 Å². The molecule has 0 aromatic carbocycles. The van der Waals surface area contributed by atoms with Gasteiger partial charge >= 0.3 is 6.09 Å². The number of ether oxygens (including phenoxy) is 2. The first-order valence-electron chi connectivity index (χ1n) is 13.0. The molecule has 0 rings (SSSR count). The van der Waals surface area contributed by atoms with Gasteiger partial charge < -0.3 is 19.9 Å². The Hall–Kier alpha value is -1.07. The van der Waals surface area contributed by atoms with Crippen LogP contribution < -0.4 is 5.32 Å². The third-order valence-corrected chi connectivity index (χ3v) is 5.46. The van der Waals surface area contributed by atoms with E-state index in [0.29, 0.717) is 19.8 Å². The van der Waals surface area contributed by atoms with Crippen molar-refractivity contribution in [2.45, 2.75) is 116 Å². The molecular weight excluding hydrogens is 390 g/mol. The van der Waals surface area contributed by atoms with Crippen molar-refractivity contribution in [3.05, 3.63) is 12.2 Å². The molecule has 0 saturated heterocycles. The summed E-state index contributed by atoms with van der Waals surface area (Å²) in [4.78, 5) is 11.7. The minimum atomic E-state index is -0.371. The van der Waals surface area contributed by atoms with Gasteiger partial charge in [-0.2, -0.15) is 0 Å². The van der Waals surface area contributed by atoms with E-state index >= 15 is 0 Å². The number of amides is 1. The number of alkyl carbamates (subject to hydrolysis) is 1. The molecule has 0 aromatic rings. The van der Waals surface area contributed by atoms with Crippen LogP contribution in [-0.2, 0) is 9.47 Å². The molecule has 0 aliphatic carbocycles. The van der Waals surface area contributed by atoms with Gasteiger partial charge in [-0.15, -0.1) is 0 Å². The van der Waals surface area contributed by atoms with Crippen molar-refractivity contribution < 1.29 is 19.4 Å². The SMILES string of the molecule is C=C(COCCCCCCO)COC(=O)NCCCCCCCCCCCCCCC. The zero-order valence-corrected chi connectivity index (χ0v) is 20.4. The molecule has 1 amide bonds. The zero-order chi connectivity index (χ0) is 22.8. The van der Waals surface area contributed by atoms with Crippen LogP contribution in [0.3, 0.4) is 0 Å². The number of carbonyl (C=O) groups is 1. The molecule has 5 heteroatoms. The van der Waals surface area contributed by atoms with Crippen molar-refractivity contribution in [2.24, 2.45) is 0 Å². The summed E-state index contributed by atoms with van der Waals surface area (Å²) in [6.07, 6.45) is 20.8. The van der Waals surface area contributed by atoms with Gasteiger partial charge in [-0.25, -0.2) is 4.79 Å². The molecule has 0 radical (unpaired) electrons. The maximum Gasteiger partial charge on any atom is 0.407 e. The van der Waals surface area contributed by atoms with Gasteiger partial charge in [-0.05, 0) is 24.8 Å². The maximum atomic E-state index is 11.7. The number of hydrogen-bond acceptors (Lipinski definition) is 4. The number of aliphatic hydroxyl groups excluding tert-OH is 1. The zero-order valence-electron chi connectivity index (χ0n) is 20.4. The minimum absolute atomic E-state index is 0.203. The summed E-state index contributed by atoms with van der Waals surface area (Å²) >= 11 is 0. The number of hydrogen-bond donors (Lipinski definition) is 2. The molecule has 31 heavy (non-hydrogen) atoms. The van der Waals surface area contributed by atoms with Gasteiger partial charge in [0.25, 0.3) is 0 Å². The average Bonchev–Trinajstić information content (AvgIpc) is 2.77. The largest absolute Gasteiger partial charge is 0.445 e. The lowest BCUT2D eigenvalue weighted by Gasteiger charge is -2.09. The minimum Gasteiger partial charge on any atom is -0.445 e. The quantitative estimate of drug-likeness (QED) is 0.126. The predicted molar refractivity (Wildman–Crippen MR) is 131 cm³/mol. The topological polar surface area (TPSA) is 67.8 Å². The van der Waals surface area contributed by atoms with Crippen LogP contribution in [0.4, 0.5) is 4.79 Å². The number of unbranched alkanes of at least 4 members (excludes halogenated alkanes) is 15. The highest BCUT2D eigenvalue weighted by Gasteiger charge is 2.03. The van der Waals surface area contributed by atoms with Gasteiger partial charge in [0.15, 0.2) is 0 Å². The van der Waals surface area contributed by atoms with Crippen molar-refractivity contribution in [1.29, 1.82) is 0 Å². The van der Waals surface area contributed by atoms with Gasteiger partial charge in [0.05, 0.1) is 6.61 Å². The van der Waals surface area contributed by atoms with Crippen molar-refractivity contribution in [1.82, 2.24) is 5.32 Å². The molecule has 0 unspecified atom stereocenters. The van der Waals surface area contributed by atoms with E-state index in [2.05, 4.69) is 18.8 Å². The van der Waals surface area contributed by atoms with Crippen molar-refractivity contribution >= 4 is 6.09 Å². The lowest BCUT2D eigenvalue weighted by atomic mass is 10.0.